The SMILES string of the molecule is CCCCCCCCOc1ccc([I+]c2ccc(OCCCCCCCC)cc2)cc1.CCCCCCCCOc1ccc([I+]c2ccc(OCCCCCCCC)cc2)cc1.O=S(=O)([O-])CS(=O)(=O)[O-]. The molecule has 0 saturated heterocycles. The van der Waals surface area contributed by atoms with Gasteiger partial charge in [-0.2, -0.15) is 0 Å². The molecule has 0 aromatic heterocycles. The van der Waals surface area contributed by atoms with E-state index in [0.717, 1.165) is 75.1 Å². The van der Waals surface area contributed by atoms with E-state index in [9.17, 15) is 25.9 Å². The Bertz CT molecular complexity index is 1810. The van der Waals surface area contributed by atoms with Gasteiger partial charge in [0.25, 0.3) is 0 Å². The molecule has 4 aromatic carbocycles. The first kappa shape index (κ1) is 64.5. The molecule has 0 unspecified atom stereocenters. The molecular formula is C57H86I2O10S2. The van der Waals surface area contributed by atoms with Gasteiger partial charge in [-0.1, -0.05) is 156 Å². The van der Waals surface area contributed by atoms with Crippen LogP contribution in [-0.4, -0.2) is 57.5 Å². The maximum absolute atomic E-state index is 9.51. The molecule has 0 N–H and O–H groups in total. The lowest BCUT2D eigenvalue weighted by molar-refractivity contribution is -0.597. The van der Waals surface area contributed by atoms with Gasteiger partial charge in [-0.25, -0.2) is 16.8 Å². The lowest BCUT2D eigenvalue weighted by Gasteiger charge is -2.08. The van der Waals surface area contributed by atoms with Gasteiger partial charge in [-0.3, -0.25) is 0 Å². The Kier molecular flexibility index (Phi) is 37.9. The minimum absolute atomic E-state index is 0.160. The van der Waals surface area contributed by atoms with Gasteiger partial charge in [0.05, 0.1) is 26.4 Å². The van der Waals surface area contributed by atoms with Gasteiger partial charge in [-0.05, 0) is 123 Å². The van der Waals surface area contributed by atoms with Crippen LogP contribution < -0.4 is 61.4 Å². The zero-order valence-corrected chi connectivity index (χ0v) is 49.3. The van der Waals surface area contributed by atoms with Gasteiger partial charge < -0.3 is 28.1 Å². The predicted molar refractivity (Wildman–Crippen MR) is 280 cm³/mol. The first-order valence-electron chi connectivity index (χ1n) is 26.4. The minimum atomic E-state index is -4.93. The van der Waals surface area contributed by atoms with E-state index in [-0.39, 0.29) is 42.4 Å². The smallest absolute Gasteiger partial charge is 0.357 e. The summed E-state index contributed by atoms with van der Waals surface area (Å²) in [5, 5.41) is -1.88. The number of unbranched alkanes of at least 4 members (excludes halogenated alkanes) is 20. The van der Waals surface area contributed by atoms with Crippen molar-refractivity contribution in [2.45, 2.75) is 182 Å². The summed E-state index contributed by atoms with van der Waals surface area (Å²) in [7, 11) is -9.86. The highest BCUT2D eigenvalue weighted by Crippen LogP contribution is 2.15. The third-order valence-corrected chi connectivity index (χ3v) is 18.7. The summed E-state index contributed by atoms with van der Waals surface area (Å²) >= 11 is -0.320. The number of ether oxygens (including phenoxy) is 4. The Morgan fingerprint density at radius 1 is 0.310 bits per heavy atom. The number of rotatable bonds is 38. The average molecular weight is 1250 g/mol. The number of hydrogen-bond donors (Lipinski definition) is 0. The van der Waals surface area contributed by atoms with Crippen LogP contribution in [0.5, 0.6) is 23.0 Å². The Balaban J connectivity index is 0.000000415. The quantitative estimate of drug-likeness (QED) is 0.0243. The maximum Gasteiger partial charge on any atom is 0.357 e. The van der Waals surface area contributed by atoms with Crippen LogP contribution in [0.25, 0.3) is 0 Å². The van der Waals surface area contributed by atoms with Gasteiger partial charge in [0.15, 0.2) is 14.3 Å². The molecule has 0 aliphatic carbocycles. The molecule has 4 rings (SSSR count). The van der Waals surface area contributed by atoms with E-state index in [1.54, 1.807) is 0 Å². The molecule has 71 heavy (non-hydrogen) atoms. The summed E-state index contributed by atoms with van der Waals surface area (Å²) < 4.78 is 86.4. The maximum atomic E-state index is 9.51. The second kappa shape index (κ2) is 41.7. The summed E-state index contributed by atoms with van der Waals surface area (Å²) in [6.07, 6.45) is 31.2. The van der Waals surface area contributed by atoms with Crippen LogP contribution in [0.1, 0.15) is 182 Å². The van der Waals surface area contributed by atoms with Crippen molar-refractivity contribution in [3.8, 4) is 23.0 Å². The molecule has 0 spiro atoms. The fraction of sp³-hybridized carbons (Fsp3) is 0.579. The van der Waals surface area contributed by atoms with Crippen LogP contribution in [0.15, 0.2) is 97.1 Å². The Morgan fingerprint density at radius 2 is 0.493 bits per heavy atom. The Morgan fingerprint density at radius 3 is 0.662 bits per heavy atom. The van der Waals surface area contributed by atoms with Crippen molar-refractivity contribution >= 4 is 20.2 Å². The number of halogens is 2. The third-order valence-electron chi connectivity index (χ3n) is 11.0. The van der Waals surface area contributed by atoms with Crippen LogP contribution in [-0.2, 0) is 20.2 Å². The Hall–Kier alpha value is -2.64. The molecule has 0 fully saturated rings. The molecule has 0 atom stereocenters. The fourth-order valence-electron chi connectivity index (χ4n) is 7.09. The van der Waals surface area contributed by atoms with Crippen molar-refractivity contribution in [3.05, 3.63) is 111 Å². The van der Waals surface area contributed by atoms with Gasteiger partial charge >= 0.3 is 42.4 Å². The van der Waals surface area contributed by atoms with Crippen molar-refractivity contribution < 1.29 is 87.3 Å². The number of hydrogen-bond acceptors (Lipinski definition) is 10. The van der Waals surface area contributed by atoms with Crippen LogP contribution in [0, 0.1) is 14.3 Å². The van der Waals surface area contributed by atoms with Gasteiger partial charge in [-0.15, -0.1) is 0 Å². The molecule has 10 nitrogen and oxygen atoms in total. The molecule has 0 saturated carbocycles. The van der Waals surface area contributed by atoms with E-state index in [1.807, 2.05) is 0 Å². The average Bonchev–Trinajstić information content (AvgIpc) is 3.34. The highest BCUT2D eigenvalue weighted by molar-refractivity contribution is 8.02. The van der Waals surface area contributed by atoms with Crippen molar-refractivity contribution in [1.29, 1.82) is 0 Å². The normalized spacial score (nSPS) is 11.2. The second-order valence-corrected chi connectivity index (χ2v) is 26.9. The van der Waals surface area contributed by atoms with E-state index in [1.165, 1.54) is 143 Å². The van der Waals surface area contributed by atoms with Gasteiger partial charge in [0.1, 0.15) is 48.3 Å². The third kappa shape index (κ3) is 37.7. The number of benzene rings is 4. The second-order valence-electron chi connectivity index (χ2n) is 17.7. The summed E-state index contributed by atoms with van der Waals surface area (Å²) in [6.45, 7) is 12.4. The monoisotopic (exact) mass is 1250 g/mol. The fourth-order valence-corrected chi connectivity index (χ4v) is 12.8. The first-order valence-corrected chi connectivity index (χ1v) is 33.9. The molecule has 0 amide bonds. The van der Waals surface area contributed by atoms with Crippen molar-refractivity contribution in [2.24, 2.45) is 0 Å². The van der Waals surface area contributed by atoms with Gasteiger partial charge in [0, 0.05) is 0 Å². The van der Waals surface area contributed by atoms with Crippen LogP contribution in [0.3, 0.4) is 0 Å². The topological polar surface area (TPSA) is 151 Å². The van der Waals surface area contributed by atoms with Crippen molar-refractivity contribution in [2.75, 3.05) is 31.5 Å². The van der Waals surface area contributed by atoms with E-state index < -0.39 is 25.3 Å². The Labute approximate surface area is 451 Å². The molecule has 0 heterocycles. The van der Waals surface area contributed by atoms with E-state index in [4.69, 9.17) is 18.9 Å². The zero-order chi connectivity index (χ0) is 51.7. The molecule has 0 aliphatic heterocycles. The first-order chi connectivity index (χ1) is 34.3. The van der Waals surface area contributed by atoms with Gasteiger partial charge in [0.2, 0.25) is 0 Å². The molecule has 4 aromatic rings. The summed E-state index contributed by atoms with van der Waals surface area (Å²) in [5.41, 5.74) is 0. The molecule has 0 radical (unpaired) electrons. The molecule has 400 valence electrons. The van der Waals surface area contributed by atoms with E-state index in [2.05, 4.69) is 125 Å². The highest BCUT2D eigenvalue weighted by atomic mass is 127. The lowest BCUT2D eigenvalue weighted by atomic mass is 10.1. The van der Waals surface area contributed by atoms with Crippen molar-refractivity contribution in [1.82, 2.24) is 0 Å². The van der Waals surface area contributed by atoms with Crippen LogP contribution in [0.4, 0.5) is 0 Å². The summed E-state index contributed by atoms with van der Waals surface area (Å²) in [4.78, 5) is 0. The van der Waals surface area contributed by atoms with Crippen molar-refractivity contribution in [3.63, 3.8) is 0 Å². The summed E-state index contributed by atoms with van der Waals surface area (Å²) in [5.74, 6) is 4.00. The summed E-state index contributed by atoms with van der Waals surface area (Å²) in [6, 6.07) is 34.9. The van der Waals surface area contributed by atoms with Crippen LogP contribution >= 0.6 is 0 Å². The lowest BCUT2D eigenvalue weighted by Crippen LogP contribution is -3.61. The molecule has 0 bridgehead atoms. The molecular weight excluding hydrogens is 1160 g/mol. The molecule has 0 aliphatic rings. The van der Waals surface area contributed by atoms with E-state index in [0.29, 0.717) is 0 Å². The minimum Gasteiger partial charge on any atom is -0.747 e. The predicted octanol–water partition coefficient (Wildman–Crippen LogP) is 8.62. The van der Waals surface area contributed by atoms with Crippen LogP contribution in [0.2, 0.25) is 0 Å². The highest BCUT2D eigenvalue weighted by Gasteiger charge is 2.17. The molecule has 14 heteroatoms. The zero-order valence-electron chi connectivity index (χ0n) is 43.4. The largest absolute Gasteiger partial charge is 0.747 e. The standard InChI is InChI=1S/2C28H42IO2.CH4O6S2/c2*1-3-5-7-9-11-13-23-30-27-19-15-25(16-20-27)29-26-17-21-28(22-18-26)31-24-14-12-10-8-6-4-2;2-8(3,4)1-9(5,6)7/h2*15-22H,3-14,23-24H2,1-2H3;1H2,(H,2,3,4)(H,5,6,7)/q2*+1;/p-2. The van der Waals surface area contributed by atoms with E-state index >= 15 is 0 Å².